The Bertz CT molecular complexity index is 175. The molecule has 0 bridgehead atoms. The maximum absolute atomic E-state index is 11.0. The summed E-state index contributed by atoms with van der Waals surface area (Å²) in [5.41, 5.74) is 0. The highest BCUT2D eigenvalue weighted by atomic mass is 16.5. The first-order chi connectivity index (χ1) is 7.22. The second-order valence-corrected chi connectivity index (χ2v) is 2.46. The van der Waals surface area contributed by atoms with Crippen LogP contribution < -0.4 is 0 Å². The van der Waals surface area contributed by atoms with E-state index in [1.165, 1.54) is 11.8 Å². The molecule has 0 aromatic carbocycles. The largest absolute Gasteiger partial charge is 0.378 e. The van der Waals surface area contributed by atoms with E-state index in [9.17, 15) is 9.59 Å². The maximum Gasteiger partial charge on any atom is 0.289 e. The van der Waals surface area contributed by atoms with Gasteiger partial charge in [0.2, 0.25) is 5.78 Å². The van der Waals surface area contributed by atoms with E-state index in [1.54, 1.807) is 0 Å². The molecular weight excluding hydrogens is 194 g/mol. The number of ether oxygens (including phenoxy) is 1. The van der Waals surface area contributed by atoms with E-state index in [1.807, 2.05) is 27.7 Å². The highest BCUT2D eigenvalue weighted by Crippen LogP contribution is 1.97. The number of hydrogen-bond acceptors (Lipinski definition) is 3. The predicted octanol–water partition coefficient (Wildman–Crippen LogP) is 1.49. The molecule has 0 radical (unpaired) electrons. The molecule has 0 unspecified atom stereocenters. The number of rotatable bonds is 1. The minimum absolute atomic E-state index is 0.395. The van der Waals surface area contributed by atoms with E-state index >= 15 is 0 Å². The Labute approximate surface area is 92.6 Å². The van der Waals surface area contributed by atoms with Crippen LogP contribution in [0.2, 0.25) is 0 Å². The third-order valence-electron chi connectivity index (χ3n) is 1.60. The van der Waals surface area contributed by atoms with E-state index in [-0.39, 0.29) is 0 Å². The van der Waals surface area contributed by atoms with Crippen LogP contribution in [-0.2, 0) is 14.3 Å². The van der Waals surface area contributed by atoms with Crippen molar-refractivity contribution in [3.05, 3.63) is 0 Å². The Balaban J connectivity index is 0. The van der Waals surface area contributed by atoms with E-state index in [2.05, 4.69) is 0 Å². The molecule has 4 nitrogen and oxygen atoms in total. The van der Waals surface area contributed by atoms with E-state index in [4.69, 9.17) is 4.74 Å². The third kappa shape index (κ3) is 7.08. The van der Waals surface area contributed by atoms with Gasteiger partial charge >= 0.3 is 0 Å². The number of carbonyl (C=O) groups is 2. The number of hydrogen-bond donors (Lipinski definition) is 0. The van der Waals surface area contributed by atoms with Crippen molar-refractivity contribution in [1.82, 2.24) is 4.90 Å². The fraction of sp³-hybridized carbons (Fsp3) is 0.818. The zero-order valence-electron chi connectivity index (χ0n) is 10.5. The summed E-state index contributed by atoms with van der Waals surface area (Å²) in [6.07, 6.45) is 0. The summed E-state index contributed by atoms with van der Waals surface area (Å²) in [5, 5.41) is 0. The molecule has 0 atom stereocenters. The zero-order valence-corrected chi connectivity index (χ0v) is 10.5. The molecule has 0 N–H and O–H groups in total. The number of Topliss-reactive ketones (excluding diaryl/α,β-unsaturated/α-hetero) is 1. The normalized spacial score (nSPS) is 14.1. The van der Waals surface area contributed by atoms with Crippen molar-refractivity contribution in [3.63, 3.8) is 0 Å². The lowest BCUT2D eigenvalue weighted by atomic mass is 10.3. The average molecular weight is 217 g/mol. The highest BCUT2D eigenvalue weighted by molar-refractivity contribution is 6.35. The van der Waals surface area contributed by atoms with Gasteiger partial charge in [-0.05, 0) is 0 Å². The summed E-state index contributed by atoms with van der Waals surface area (Å²) in [6, 6.07) is 0. The summed E-state index contributed by atoms with van der Waals surface area (Å²) < 4.78 is 5.02. The molecule has 1 aliphatic rings. The Hall–Kier alpha value is -0.900. The van der Waals surface area contributed by atoms with Crippen LogP contribution in [0.4, 0.5) is 0 Å². The van der Waals surface area contributed by atoms with Crippen LogP contribution in [0, 0.1) is 0 Å². The van der Waals surface area contributed by atoms with Crippen molar-refractivity contribution in [2.24, 2.45) is 0 Å². The smallest absolute Gasteiger partial charge is 0.289 e. The fourth-order valence-corrected chi connectivity index (χ4v) is 0.989. The van der Waals surface area contributed by atoms with Gasteiger partial charge in [-0.3, -0.25) is 9.59 Å². The fourth-order valence-electron chi connectivity index (χ4n) is 0.989. The van der Waals surface area contributed by atoms with Crippen molar-refractivity contribution < 1.29 is 14.3 Å². The van der Waals surface area contributed by atoms with Gasteiger partial charge in [0, 0.05) is 20.0 Å². The standard InChI is InChI=1S/C7H11NO3.2C2H6/c1-6(9)7(10)8-2-4-11-5-3-8;2*1-2/h2-5H2,1H3;2*1-2H3. The average Bonchev–Trinajstić information content (AvgIpc) is 2.34. The van der Waals surface area contributed by atoms with Crippen molar-refractivity contribution >= 4 is 11.7 Å². The Morgan fingerprint density at radius 1 is 1.00 bits per heavy atom. The summed E-state index contributed by atoms with van der Waals surface area (Å²) in [7, 11) is 0. The van der Waals surface area contributed by atoms with Crippen molar-refractivity contribution in [2.75, 3.05) is 26.3 Å². The van der Waals surface area contributed by atoms with Crippen LogP contribution >= 0.6 is 0 Å². The van der Waals surface area contributed by atoms with Gasteiger partial charge in [-0.15, -0.1) is 0 Å². The lowest BCUT2D eigenvalue weighted by Gasteiger charge is -2.25. The predicted molar refractivity (Wildman–Crippen MR) is 60.8 cm³/mol. The summed E-state index contributed by atoms with van der Waals surface area (Å²) in [5.74, 6) is -0.791. The van der Waals surface area contributed by atoms with E-state index < -0.39 is 11.7 Å². The van der Waals surface area contributed by atoms with Crippen LogP contribution in [0.1, 0.15) is 34.6 Å². The Morgan fingerprint density at radius 2 is 1.40 bits per heavy atom. The second kappa shape index (κ2) is 11.2. The van der Waals surface area contributed by atoms with Crippen molar-refractivity contribution in [3.8, 4) is 0 Å². The molecule has 0 aliphatic carbocycles. The van der Waals surface area contributed by atoms with Crippen LogP contribution in [-0.4, -0.2) is 42.9 Å². The van der Waals surface area contributed by atoms with Crippen molar-refractivity contribution in [1.29, 1.82) is 0 Å². The first-order valence-corrected chi connectivity index (χ1v) is 5.59. The van der Waals surface area contributed by atoms with Gasteiger partial charge in [-0.1, -0.05) is 27.7 Å². The lowest BCUT2D eigenvalue weighted by Crippen LogP contribution is -2.43. The lowest BCUT2D eigenvalue weighted by molar-refractivity contribution is -0.146. The van der Waals surface area contributed by atoms with Gasteiger partial charge in [0.15, 0.2) is 0 Å². The summed E-state index contributed by atoms with van der Waals surface area (Å²) in [4.78, 5) is 23.1. The van der Waals surface area contributed by atoms with Crippen LogP contribution in [0.15, 0.2) is 0 Å². The molecule has 1 fully saturated rings. The molecule has 90 valence electrons. The number of carbonyl (C=O) groups excluding carboxylic acids is 2. The maximum atomic E-state index is 11.0. The first kappa shape index (κ1) is 16.5. The van der Waals surface area contributed by atoms with Gasteiger partial charge in [0.05, 0.1) is 13.2 Å². The second-order valence-electron chi connectivity index (χ2n) is 2.46. The van der Waals surface area contributed by atoms with Gasteiger partial charge in [-0.25, -0.2) is 0 Å². The zero-order chi connectivity index (χ0) is 12.3. The monoisotopic (exact) mass is 217 g/mol. The Morgan fingerprint density at radius 3 is 1.73 bits per heavy atom. The van der Waals surface area contributed by atoms with Crippen LogP contribution in [0.3, 0.4) is 0 Å². The quantitative estimate of drug-likeness (QED) is 0.625. The molecule has 1 heterocycles. The molecular formula is C11H23NO3. The van der Waals surface area contributed by atoms with Crippen molar-refractivity contribution in [2.45, 2.75) is 34.6 Å². The summed E-state index contributed by atoms with van der Waals surface area (Å²) >= 11 is 0. The Kier molecular flexibility index (Phi) is 12.3. The molecule has 4 heteroatoms. The molecule has 0 aromatic rings. The molecule has 1 rings (SSSR count). The third-order valence-corrected chi connectivity index (χ3v) is 1.60. The summed E-state index contributed by atoms with van der Waals surface area (Å²) in [6.45, 7) is 11.5. The minimum atomic E-state index is -0.396. The van der Waals surface area contributed by atoms with Crippen LogP contribution in [0.25, 0.3) is 0 Å². The number of ketones is 1. The number of nitrogens with zero attached hydrogens (tertiary/aromatic N) is 1. The highest BCUT2D eigenvalue weighted by Gasteiger charge is 2.19. The molecule has 15 heavy (non-hydrogen) atoms. The molecule has 1 saturated heterocycles. The molecule has 0 aromatic heterocycles. The van der Waals surface area contributed by atoms with Gasteiger partial charge in [0.25, 0.3) is 5.91 Å². The number of amides is 1. The topological polar surface area (TPSA) is 46.6 Å². The first-order valence-electron chi connectivity index (χ1n) is 5.59. The van der Waals surface area contributed by atoms with E-state index in [0.717, 1.165) is 0 Å². The minimum Gasteiger partial charge on any atom is -0.378 e. The van der Waals surface area contributed by atoms with Gasteiger partial charge < -0.3 is 9.64 Å². The van der Waals surface area contributed by atoms with E-state index in [0.29, 0.717) is 26.3 Å². The molecule has 0 saturated carbocycles. The van der Waals surface area contributed by atoms with Crippen LogP contribution in [0.5, 0.6) is 0 Å². The molecule has 0 spiro atoms. The molecule has 1 aliphatic heterocycles. The SMILES string of the molecule is CC.CC.CC(=O)C(=O)N1CCOCC1. The van der Waals surface area contributed by atoms with Gasteiger partial charge in [0.1, 0.15) is 0 Å². The molecule has 1 amide bonds. The van der Waals surface area contributed by atoms with Gasteiger partial charge in [-0.2, -0.15) is 0 Å². The number of morpholine rings is 1.